The number of carbonyl (C=O) groups excluding carboxylic acids is 1. The molecule has 2 nitrogen and oxygen atoms in total. The highest BCUT2D eigenvalue weighted by Gasteiger charge is 2.32. The van der Waals surface area contributed by atoms with Crippen LogP contribution in [0.4, 0.5) is 4.39 Å². The van der Waals surface area contributed by atoms with Crippen molar-refractivity contribution in [1.29, 1.82) is 0 Å². The molecule has 1 aromatic carbocycles. The highest BCUT2D eigenvalue weighted by atomic mass is 19.1. The standard InChI is InChI=1S/C15H21FO2/c1-6-18-14(15(3,4)5)13(17)11-7-8-12(16)10(2)9-11/h7-9,14H,6H2,1-5H3. The van der Waals surface area contributed by atoms with Gasteiger partial charge in [-0.2, -0.15) is 0 Å². The van der Waals surface area contributed by atoms with Gasteiger partial charge in [0, 0.05) is 12.2 Å². The molecule has 0 aromatic heterocycles. The summed E-state index contributed by atoms with van der Waals surface area (Å²) in [4.78, 5) is 12.4. The summed E-state index contributed by atoms with van der Waals surface area (Å²) in [5.41, 5.74) is 0.697. The number of hydrogen-bond acceptors (Lipinski definition) is 2. The van der Waals surface area contributed by atoms with Gasteiger partial charge in [0.15, 0.2) is 5.78 Å². The molecule has 0 radical (unpaired) electrons. The van der Waals surface area contributed by atoms with E-state index in [0.717, 1.165) is 0 Å². The highest BCUT2D eigenvalue weighted by molar-refractivity contribution is 6.00. The van der Waals surface area contributed by atoms with Crippen molar-refractivity contribution in [2.45, 2.75) is 40.7 Å². The molecule has 0 aliphatic heterocycles. The van der Waals surface area contributed by atoms with Crippen molar-refractivity contribution in [3.63, 3.8) is 0 Å². The van der Waals surface area contributed by atoms with Crippen LogP contribution in [0.5, 0.6) is 0 Å². The number of aryl methyl sites for hydroxylation is 1. The van der Waals surface area contributed by atoms with Crippen molar-refractivity contribution in [3.05, 3.63) is 35.1 Å². The molecule has 100 valence electrons. The Morgan fingerprint density at radius 1 is 1.39 bits per heavy atom. The fourth-order valence-corrected chi connectivity index (χ4v) is 1.83. The second-order valence-corrected chi connectivity index (χ2v) is 5.53. The average molecular weight is 252 g/mol. The Hall–Kier alpha value is -1.22. The van der Waals surface area contributed by atoms with E-state index < -0.39 is 6.10 Å². The minimum Gasteiger partial charge on any atom is -0.370 e. The molecular weight excluding hydrogens is 231 g/mol. The third-order valence-corrected chi connectivity index (χ3v) is 2.80. The molecule has 0 heterocycles. The van der Waals surface area contributed by atoms with Crippen molar-refractivity contribution >= 4 is 5.78 Å². The molecule has 0 saturated heterocycles. The van der Waals surface area contributed by atoms with E-state index in [4.69, 9.17) is 4.74 Å². The molecule has 1 rings (SSSR count). The number of hydrogen-bond donors (Lipinski definition) is 0. The monoisotopic (exact) mass is 252 g/mol. The normalized spacial score (nSPS) is 13.4. The molecule has 1 atom stereocenters. The number of Topliss-reactive ketones (excluding diaryl/α,β-unsaturated/α-hetero) is 1. The third-order valence-electron chi connectivity index (χ3n) is 2.80. The summed E-state index contributed by atoms with van der Waals surface area (Å²) in [5.74, 6) is -0.386. The average Bonchev–Trinajstić information content (AvgIpc) is 2.27. The SMILES string of the molecule is CCOC(C(=O)c1ccc(F)c(C)c1)C(C)(C)C. The van der Waals surface area contributed by atoms with E-state index in [-0.39, 0.29) is 17.0 Å². The van der Waals surface area contributed by atoms with Gasteiger partial charge >= 0.3 is 0 Å². The van der Waals surface area contributed by atoms with Crippen LogP contribution in [0.15, 0.2) is 18.2 Å². The van der Waals surface area contributed by atoms with Crippen LogP contribution in [0.25, 0.3) is 0 Å². The van der Waals surface area contributed by atoms with Gasteiger partial charge in [-0.15, -0.1) is 0 Å². The molecule has 1 aromatic rings. The van der Waals surface area contributed by atoms with Gasteiger partial charge in [-0.25, -0.2) is 4.39 Å². The van der Waals surface area contributed by atoms with Crippen LogP contribution in [-0.4, -0.2) is 18.5 Å². The first-order valence-corrected chi connectivity index (χ1v) is 6.19. The molecule has 0 bridgehead atoms. The number of halogens is 1. The summed E-state index contributed by atoms with van der Waals surface area (Å²) in [7, 11) is 0. The van der Waals surface area contributed by atoms with Gasteiger partial charge in [-0.05, 0) is 43.0 Å². The first kappa shape index (κ1) is 14.8. The van der Waals surface area contributed by atoms with Gasteiger partial charge in [0.25, 0.3) is 0 Å². The first-order chi connectivity index (χ1) is 8.27. The fraction of sp³-hybridized carbons (Fsp3) is 0.533. The molecule has 0 aliphatic carbocycles. The van der Waals surface area contributed by atoms with Crippen LogP contribution < -0.4 is 0 Å². The minimum absolute atomic E-state index is 0.0903. The summed E-state index contributed by atoms with van der Waals surface area (Å²) in [6, 6.07) is 4.42. The van der Waals surface area contributed by atoms with Gasteiger partial charge in [-0.1, -0.05) is 20.8 Å². The van der Waals surface area contributed by atoms with Gasteiger partial charge in [0.2, 0.25) is 0 Å². The van der Waals surface area contributed by atoms with E-state index in [9.17, 15) is 9.18 Å². The summed E-state index contributed by atoms with van der Waals surface area (Å²) in [6.07, 6.45) is -0.507. The van der Waals surface area contributed by atoms with Crippen LogP contribution in [0.2, 0.25) is 0 Å². The largest absolute Gasteiger partial charge is 0.370 e. The lowest BCUT2D eigenvalue weighted by molar-refractivity contribution is -0.000227. The number of rotatable bonds is 4. The lowest BCUT2D eigenvalue weighted by Crippen LogP contribution is -2.37. The molecule has 0 N–H and O–H groups in total. The summed E-state index contributed by atoms with van der Waals surface area (Å²) < 4.78 is 18.8. The molecule has 1 unspecified atom stereocenters. The van der Waals surface area contributed by atoms with Crippen LogP contribution in [0.1, 0.15) is 43.6 Å². The van der Waals surface area contributed by atoms with Crippen LogP contribution >= 0.6 is 0 Å². The molecule has 3 heteroatoms. The molecule has 0 aliphatic rings. The molecular formula is C15H21FO2. The van der Waals surface area contributed by atoms with Gasteiger partial charge in [-0.3, -0.25) is 4.79 Å². The smallest absolute Gasteiger partial charge is 0.192 e. The predicted octanol–water partition coefficient (Wildman–Crippen LogP) is 3.77. The number of benzene rings is 1. The van der Waals surface area contributed by atoms with Crippen molar-refractivity contribution in [1.82, 2.24) is 0 Å². The Labute approximate surface area is 108 Å². The van der Waals surface area contributed by atoms with Crippen molar-refractivity contribution in [3.8, 4) is 0 Å². The quantitative estimate of drug-likeness (QED) is 0.762. The van der Waals surface area contributed by atoms with E-state index in [1.807, 2.05) is 27.7 Å². The first-order valence-electron chi connectivity index (χ1n) is 6.19. The molecule has 0 amide bonds. The lowest BCUT2D eigenvalue weighted by Gasteiger charge is -2.29. The summed E-state index contributed by atoms with van der Waals surface area (Å²) in [5, 5.41) is 0. The predicted molar refractivity (Wildman–Crippen MR) is 70.3 cm³/mol. The van der Waals surface area contributed by atoms with Crippen LogP contribution in [0.3, 0.4) is 0 Å². The zero-order valence-electron chi connectivity index (χ0n) is 11.7. The minimum atomic E-state index is -0.507. The van der Waals surface area contributed by atoms with Crippen molar-refractivity contribution in [2.24, 2.45) is 5.41 Å². The van der Waals surface area contributed by atoms with Crippen LogP contribution in [-0.2, 0) is 4.74 Å². The van der Waals surface area contributed by atoms with Gasteiger partial charge in [0.1, 0.15) is 11.9 Å². The third kappa shape index (κ3) is 3.39. The zero-order chi connectivity index (χ0) is 13.9. The molecule has 0 saturated carbocycles. The van der Waals surface area contributed by atoms with Crippen LogP contribution in [0, 0.1) is 18.2 Å². The van der Waals surface area contributed by atoms with E-state index in [2.05, 4.69) is 0 Å². The maximum atomic E-state index is 13.2. The summed E-state index contributed by atoms with van der Waals surface area (Å²) >= 11 is 0. The fourth-order valence-electron chi connectivity index (χ4n) is 1.83. The van der Waals surface area contributed by atoms with Crippen molar-refractivity contribution < 1.29 is 13.9 Å². The van der Waals surface area contributed by atoms with E-state index in [1.165, 1.54) is 12.1 Å². The topological polar surface area (TPSA) is 26.3 Å². The highest BCUT2D eigenvalue weighted by Crippen LogP contribution is 2.26. The van der Waals surface area contributed by atoms with E-state index >= 15 is 0 Å². The number of ketones is 1. The van der Waals surface area contributed by atoms with Crippen molar-refractivity contribution in [2.75, 3.05) is 6.61 Å². The second-order valence-electron chi connectivity index (χ2n) is 5.53. The Morgan fingerprint density at radius 2 is 2.00 bits per heavy atom. The maximum absolute atomic E-state index is 13.2. The summed E-state index contributed by atoms with van der Waals surface area (Å²) in [6.45, 7) is 9.87. The van der Waals surface area contributed by atoms with Gasteiger partial charge in [0.05, 0.1) is 0 Å². The Morgan fingerprint density at radius 3 is 2.44 bits per heavy atom. The Kier molecular flexibility index (Phi) is 4.63. The lowest BCUT2D eigenvalue weighted by atomic mass is 9.84. The van der Waals surface area contributed by atoms with E-state index in [1.54, 1.807) is 13.0 Å². The van der Waals surface area contributed by atoms with E-state index in [0.29, 0.717) is 17.7 Å². The maximum Gasteiger partial charge on any atom is 0.192 e. The zero-order valence-corrected chi connectivity index (χ0v) is 11.7. The number of carbonyl (C=O) groups is 1. The molecule has 0 spiro atoms. The molecule has 18 heavy (non-hydrogen) atoms. The number of ether oxygens (including phenoxy) is 1. The Balaban J connectivity index is 3.06. The van der Waals surface area contributed by atoms with Gasteiger partial charge < -0.3 is 4.74 Å². The second kappa shape index (κ2) is 5.61. The Bertz CT molecular complexity index is 433. The molecule has 0 fully saturated rings.